The van der Waals surface area contributed by atoms with Gasteiger partial charge in [0.1, 0.15) is 0 Å². The van der Waals surface area contributed by atoms with E-state index < -0.39 is 0 Å². The predicted molar refractivity (Wildman–Crippen MR) is 126 cm³/mol. The lowest BCUT2D eigenvalue weighted by atomic mass is 10.0. The quantitative estimate of drug-likeness (QED) is 0.341. The topological polar surface area (TPSA) is 52.0 Å². The summed E-state index contributed by atoms with van der Waals surface area (Å²) >= 11 is 0. The SMILES string of the molecule is C1=C2C(=CC1)c1cccc3cccc2c13.Nc1ccccc1.Nc1ccccc1. The summed E-state index contributed by atoms with van der Waals surface area (Å²) in [5.41, 5.74) is 18.1. The van der Waals surface area contributed by atoms with Gasteiger partial charge in [0.25, 0.3) is 0 Å². The van der Waals surface area contributed by atoms with E-state index >= 15 is 0 Å². The fourth-order valence-corrected chi connectivity index (χ4v) is 3.72. The van der Waals surface area contributed by atoms with Crippen molar-refractivity contribution in [1.29, 1.82) is 0 Å². The van der Waals surface area contributed by atoms with Crippen molar-refractivity contribution in [3.05, 3.63) is 120 Å². The highest BCUT2D eigenvalue weighted by Crippen LogP contribution is 2.47. The van der Waals surface area contributed by atoms with Crippen molar-refractivity contribution in [3.8, 4) is 0 Å². The summed E-state index contributed by atoms with van der Waals surface area (Å²) in [5, 5.41) is 2.80. The molecule has 4 N–H and O–H groups in total. The summed E-state index contributed by atoms with van der Waals surface area (Å²) in [7, 11) is 0. The second kappa shape index (κ2) is 8.49. The van der Waals surface area contributed by atoms with E-state index in [2.05, 4.69) is 48.6 Å². The molecule has 0 amide bonds. The number of nitrogen functional groups attached to an aromatic ring is 2. The molecule has 4 aromatic rings. The third-order valence-electron chi connectivity index (χ3n) is 5.02. The number of hydrogen-bond acceptors (Lipinski definition) is 2. The maximum absolute atomic E-state index is 5.36. The highest BCUT2D eigenvalue weighted by Gasteiger charge is 2.24. The minimum atomic E-state index is 0.822. The normalized spacial score (nSPS) is 12.7. The van der Waals surface area contributed by atoms with Crippen molar-refractivity contribution in [2.24, 2.45) is 0 Å². The number of nitrogens with two attached hydrogens (primary N) is 2. The van der Waals surface area contributed by atoms with Gasteiger partial charge in [-0.3, -0.25) is 0 Å². The average molecular weight is 377 g/mol. The van der Waals surface area contributed by atoms with Gasteiger partial charge in [0.05, 0.1) is 0 Å². The van der Waals surface area contributed by atoms with Crippen molar-refractivity contribution in [2.45, 2.75) is 6.42 Å². The van der Waals surface area contributed by atoms with E-state index in [0.29, 0.717) is 0 Å². The second-order valence-corrected chi connectivity index (χ2v) is 7.00. The van der Waals surface area contributed by atoms with Gasteiger partial charge in [-0.15, -0.1) is 0 Å². The first kappa shape index (κ1) is 18.6. The van der Waals surface area contributed by atoms with Crippen LogP contribution >= 0.6 is 0 Å². The third-order valence-corrected chi connectivity index (χ3v) is 5.02. The minimum absolute atomic E-state index is 0.822. The summed E-state index contributed by atoms with van der Waals surface area (Å²) in [6.07, 6.45) is 5.77. The van der Waals surface area contributed by atoms with Gasteiger partial charge in [0.15, 0.2) is 0 Å². The predicted octanol–water partition coefficient (Wildman–Crippen LogP) is 6.56. The van der Waals surface area contributed by atoms with Gasteiger partial charge in [-0.25, -0.2) is 0 Å². The molecule has 0 aliphatic heterocycles. The zero-order valence-electron chi connectivity index (χ0n) is 16.3. The molecule has 0 radical (unpaired) electrons. The number of benzene rings is 4. The van der Waals surface area contributed by atoms with Crippen LogP contribution in [0.15, 0.2) is 109 Å². The molecule has 0 saturated heterocycles. The van der Waals surface area contributed by atoms with E-state index in [4.69, 9.17) is 11.5 Å². The van der Waals surface area contributed by atoms with E-state index in [0.717, 1.165) is 17.8 Å². The summed E-state index contributed by atoms with van der Waals surface area (Å²) in [6, 6.07) is 32.2. The molecule has 0 fully saturated rings. The summed E-state index contributed by atoms with van der Waals surface area (Å²) in [5.74, 6) is 0. The lowest BCUT2D eigenvalue weighted by Crippen LogP contribution is -1.79. The fourth-order valence-electron chi connectivity index (χ4n) is 3.72. The van der Waals surface area contributed by atoms with Gasteiger partial charge in [-0.2, -0.15) is 0 Å². The molecule has 6 rings (SSSR count). The number of fused-ring (bicyclic) bond motifs is 3. The Bertz CT molecular complexity index is 1080. The molecule has 0 atom stereocenters. The first-order valence-electron chi connectivity index (χ1n) is 9.78. The largest absolute Gasteiger partial charge is 0.399 e. The van der Waals surface area contributed by atoms with E-state index in [9.17, 15) is 0 Å². The summed E-state index contributed by atoms with van der Waals surface area (Å²) < 4.78 is 0. The minimum Gasteiger partial charge on any atom is -0.399 e. The smallest absolute Gasteiger partial charge is 0.0313 e. The van der Waals surface area contributed by atoms with Gasteiger partial charge in [-0.1, -0.05) is 84.9 Å². The highest BCUT2D eigenvalue weighted by atomic mass is 14.5. The maximum atomic E-state index is 5.36. The zero-order chi connectivity index (χ0) is 20.1. The molecular formula is C27H24N2. The highest BCUT2D eigenvalue weighted by molar-refractivity contribution is 6.23. The van der Waals surface area contributed by atoms with Crippen molar-refractivity contribution in [2.75, 3.05) is 11.5 Å². The lowest BCUT2D eigenvalue weighted by Gasteiger charge is -2.00. The van der Waals surface area contributed by atoms with Crippen LogP contribution < -0.4 is 11.5 Å². The summed E-state index contributed by atoms with van der Waals surface area (Å²) in [4.78, 5) is 0. The van der Waals surface area contributed by atoms with Crippen LogP contribution in [0.4, 0.5) is 11.4 Å². The van der Waals surface area contributed by atoms with Crippen molar-refractivity contribution in [3.63, 3.8) is 0 Å². The first-order chi connectivity index (χ1) is 14.2. The molecule has 142 valence electrons. The third kappa shape index (κ3) is 4.07. The molecule has 2 heteroatoms. The number of anilines is 2. The molecule has 2 aliphatic carbocycles. The van der Waals surface area contributed by atoms with Gasteiger partial charge < -0.3 is 11.5 Å². The second-order valence-electron chi connectivity index (χ2n) is 7.00. The Morgan fingerprint density at radius 3 is 1.31 bits per heavy atom. The Morgan fingerprint density at radius 2 is 0.931 bits per heavy atom. The Labute approximate surface area is 171 Å². The van der Waals surface area contributed by atoms with Crippen LogP contribution in [0.2, 0.25) is 0 Å². The number of allylic oxidation sites excluding steroid dienone is 4. The Hall–Kier alpha value is -3.78. The van der Waals surface area contributed by atoms with Crippen LogP contribution in [0.5, 0.6) is 0 Å². The maximum Gasteiger partial charge on any atom is 0.0313 e. The van der Waals surface area contributed by atoms with Crippen LogP contribution in [0.1, 0.15) is 17.5 Å². The van der Waals surface area contributed by atoms with Crippen LogP contribution in [-0.2, 0) is 0 Å². The van der Waals surface area contributed by atoms with Crippen LogP contribution in [-0.4, -0.2) is 0 Å². The molecular weight excluding hydrogens is 352 g/mol. The molecule has 2 nitrogen and oxygen atoms in total. The van der Waals surface area contributed by atoms with Gasteiger partial charge in [0, 0.05) is 11.4 Å². The Balaban J connectivity index is 0.000000123. The molecule has 0 bridgehead atoms. The molecule has 0 unspecified atom stereocenters. The average Bonchev–Trinajstić information content (AvgIpc) is 3.35. The van der Waals surface area contributed by atoms with E-state index in [-0.39, 0.29) is 0 Å². The van der Waals surface area contributed by atoms with Gasteiger partial charge in [-0.05, 0) is 63.7 Å². The van der Waals surface area contributed by atoms with Crippen LogP contribution in [0.25, 0.3) is 21.9 Å². The van der Waals surface area contributed by atoms with Crippen molar-refractivity contribution >= 4 is 33.3 Å². The van der Waals surface area contributed by atoms with Crippen molar-refractivity contribution in [1.82, 2.24) is 0 Å². The number of hydrogen-bond donors (Lipinski definition) is 2. The molecule has 0 aromatic heterocycles. The molecule has 29 heavy (non-hydrogen) atoms. The van der Waals surface area contributed by atoms with E-state index in [1.54, 1.807) is 0 Å². The van der Waals surface area contributed by atoms with Gasteiger partial charge in [0.2, 0.25) is 0 Å². The molecule has 2 aliphatic rings. The number of rotatable bonds is 0. The van der Waals surface area contributed by atoms with Gasteiger partial charge >= 0.3 is 0 Å². The Morgan fingerprint density at radius 1 is 0.483 bits per heavy atom. The fraction of sp³-hybridized carbons (Fsp3) is 0.0370. The van der Waals surface area contributed by atoms with E-state index in [1.165, 1.54) is 33.0 Å². The Kier molecular flexibility index (Phi) is 5.44. The zero-order valence-corrected chi connectivity index (χ0v) is 16.3. The van der Waals surface area contributed by atoms with Crippen LogP contribution in [0, 0.1) is 0 Å². The first-order valence-corrected chi connectivity index (χ1v) is 9.78. The number of para-hydroxylation sites is 2. The van der Waals surface area contributed by atoms with Crippen molar-refractivity contribution < 1.29 is 0 Å². The molecule has 0 saturated carbocycles. The lowest BCUT2D eigenvalue weighted by molar-refractivity contribution is 1.45. The summed E-state index contributed by atoms with van der Waals surface area (Å²) in [6.45, 7) is 0. The molecule has 0 spiro atoms. The molecule has 0 heterocycles. The van der Waals surface area contributed by atoms with E-state index in [1.807, 2.05) is 60.7 Å². The standard InChI is InChI=1S/C15H10.2C6H7N/c1-4-10-5-2-9-14-12-7-3-6-11(12)13(8-1)15(10)14;2*7-6-4-2-1-3-5-6/h1-2,4-9H,3H2;2*1-5H,7H2. The monoisotopic (exact) mass is 376 g/mol. The van der Waals surface area contributed by atoms with Crippen LogP contribution in [0.3, 0.4) is 0 Å². The molecule has 4 aromatic carbocycles.